The number of fused-ring (bicyclic) bond motifs is 1. The number of amides is 1. The minimum Gasteiger partial charge on any atom is -0.480 e. The molecule has 0 bridgehead atoms. The van der Waals surface area contributed by atoms with E-state index in [0.717, 1.165) is 74.5 Å². The van der Waals surface area contributed by atoms with Crippen LogP contribution in [0.25, 0.3) is 50.5 Å². The van der Waals surface area contributed by atoms with Crippen molar-refractivity contribution in [3.63, 3.8) is 0 Å². The van der Waals surface area contributed by atoms with E-state index in [0.29, 0.717) is 24.2 Å². The Bertz CT molecular complexity index is 2280. The summed E-state index contributed by atoms with van der Waals surface area (Å²) in [5.41, 5.74) is 11.1. The SMILES string of the molecule is COc1nc(-c2cccc(-c3cccc(-c4ccn5c(-c6ccc(CN7CCC[C@@H]7C(=O)O)cc6)nnc5c4)c3C)c2C)ccc1C(=O)NCCO. The number of likely N-dealkylation sites (tertiary alicyclic amines) is 1. The van der Waals surface area contributed by atoms with Gasteiger partial charge in [-0.15, -0.1) is 10.2 Å². The molecular formula is C41H40N6O5. The van der Waals surface area contributed by atoms with Crippen LogP contribution in [-0.4, -0.2) is 79.4 Å². The van der Waals surface area contributed by atoms with Crippen LogP contribution >= 0.6 is 0 Å². The molecule has 1 fully saturated rings. The molecule has 11 nitrogen and oxygen atoms in total. The number of methoxy groups -OCH3 is 1. The van der Waals surface area contributed by atoms with E-state index in [1.807, 2.05) is 64.0 Å². The Hall–Kier alpha value is -5.91. The molecule has 0 unspecified atom stereocenters. The third kappa shape index (κ3) is 6.63. The van der Waals surface area contributed by atoms with E-state index in [1.54, 1.807) is 6.07 Å². The number of rotatable bonds is 11. The molecule has 0 spiro atoms. The lowest BCUT2D eigenvalue weighted by atomic mass is 9.89. The first-order valence-corrected chi connectivity index (χ1v) is 17.3. The first-order chi connectivity index (χ1) is 25.3. The van der Waals surface area contributed by atoms with Crippen molar-refractivity contribution in [2.45, 2.75) is 39.3 Å². The summed E-state index contributed by atoms with van der Waals surface area (Å²) in [4.78, 5) is 30.9. The zero-order valence-electron chi connectivity index (χ0n) is 29.3. The van der Waals surface area contributed by atoms with E-state index in [1.165, 1.54) is 7.11 Å². The summed E-state index contributed by atoms with van der Waals surface area (Å²) in [5.74, 6) is -0.159. The Kier molecular flexibility index (Phi) is 9.80. The van der Waals surface area contributed by atoms with Gasteiger partial charge in [-0.3, -0.25) is 18.9 Å². The number of carbonyl (C=O) groups is 2. The summed E-state index contributed by atoms with van der Waals surface area (Å²) in [5, 5.41) is 30.3. The number of benzene rings is 3. The number of aliphatic carboxylic acids is 1. The van der Waals surface area contributed by atoms with Gasteiger partial charge in [0.15, 0.2) is 11.5 Å². The number of carboxylic acid groups (broad SMARTS) is 1. The predicted molar refractivity (Wildman–Crippen MR) is 199 cm³/mol. The van der Waals surface area contributed by atoms with Crippen molar-refractivity contribution < 1.29 is 24.5 Å². The number of pyridine rings is 2. The Labute approximate surface area is 301 Å². The second-order valence-electron chi connectivity index (χ2n) is 13.0. The topological polar surface area (TPSA) is 142 Å². The van der Waals surface area contributed by atoms with Gasteiger partial charge in [-0.2, -0.15) is 0 Å². The average molecular weight is 697 g/mol. The fourth-order valence-corrected chi connectivity index (χ4v) is 7.17. The molecule has 6 aromatic rings. The maximum absolute atomic E-state index is 12.6. The average Bonchev–Trinajstić information content (AvgIpc) is 3.81. The lowest BCUT2D eigenvalue weighted by molar-refractivity contribution is -0.142. The number of ether oxygens (including phenoxy) is 1. The highest BCUT2D eigenvalue weighted by Crippen LogP contribution is 2.37. The van der Waals surface area contributed by atoms with Crippen molar-refractivity contribution in [2.24, 2.45) is 0 Å². The molecule has 1 atom stereocenters. The van der Waals surface area contributed by atoms with Gasteiger partial charge in [-0.25, -0.2) is 4.98 Å². The van der Waals surface area contributed by atoms with Crippen LogP contribution in [0.3, 0.4) is 0 Å². The Morgan fingerprint density at radius 3 is 2.31 bits per heavy atom. The van der Waals surface area contributed by atoms with Gasteiger partial charge in [-0.05, 0) is 96.4 Å². The highest BCUT2D eigenvalue weighted by Gasteiger charge is 2.30. The first kappa shape index (κ1) is 34.5. The number of hydrogen-bond donors (Lipinski definition) is 3. The number of carbonyl (C=O) groups excluding carboxylic acids is 1. The van der Waals surface area contributed by atoms with Gasteiger partial charge in [0.2, 0.25) is 5.88 Å². The molecule has 0 aliphatic carbocycles. The number of nitrogens with one attached hydrogen (secondary N) is 1. The van der Waals surface area contributed by atoms with Crippen LogP contribution in [0.1, 0.15) is 39.9 Å². The summed E-state index contributed by atoms with van der Waals surface area (Å²) < 4.78 is 7.46. The van der Waals surface area contributed by atoms with E-state index in [9.17, 15) is 14.7 Å². The molecule has 3 aromatic carbocycles. The molecule has 1 aliphatic heterocycles. The summed E-state index contributed by atoms with van der Waals surface area (Å²) >= 11 is 0. The molecule has 1 amide bonds. The van der Waals surface area contributed by atoms with Crippen molar-refractivity contribution in [3.05, 3.63) is 113 Å². The molecule has 3 N–H and O–H groups in total. The maximum Gasteiger partial charge on any atom is 0.320 e. The quantitative estimate of drug-likeness (QED) is 0.145. The van der Waals surface area contributed by atoms with Crippen LogP contribution in [0.2, 0.25) is 0 Å². The van der Waals surface area contributed by atoms with Gasteiger partial charge in [0, 0.05) is 30.4 Å². The molecule has 3 aromatic heterocycles. The van der Waals surface area contributed by atoms with E-state index >= 15 is 0 Å². The van der Waals surface area contributed by atoms with Gasteiger partial charge in [0.25, 0.3) is 5.91 Å². The van der Waals surface area contributed by atoms with Crippen molar-refractivity contribution in [2.75, 3.05) is 26.8 Å². The highest BCUT2D eigenvalue weighted by molar-refractivity contribution is 5.97. The van der Waals surface area contributed by atoms with Crippen LogP contribution in [0.4, 0.5) is 0 Å². The first-order valence-electron chi connectivity index (χ1n) is 17.3. The van der Waals surface area contributed by atoms with Gasteiger partial charge in [0.05, 0.1) is 19.4 Å². The van der Waals surface area contributed by atoms with Crippen molar-refractivity contribution in [1.29, 1.82) is 0 Å². The molecule has 0 saturated carbocycles. The zero-order valence-corrected chi connectivity index (χ0v) is 29.3. The number of aliphatic hydroxyl groups excluding tert-OH is 1. The van der Waals surface area contributed by atoms with E-state index in [2.05, 4.69) is 64.7 Å². The summed E-state index contributed by atoms with van der Waals surface area (Å²) in [6, 6.07) is 27.8. The van der Waals surface area contributed by atoms with E-state index < -0.39 is 12.0 Å². The van der Waals surface area contributed by atoms with E-state index in [4.69, 9.17) is 9.84 Å². The van der Waals surface area contributed by atoms with Crippen molar-refractivity contribution in [3.8, 4) is 50.8 Å². The molecule has 52 heavy (non-hydrogen) atoms. The molecular weight excluding hydrogens is 656 g/mol. The Balaban J connectivity index is 1.15. The number of aromatic nitrogens is 4. The molecule has 1 aliphatic rings. The second kappa shape index (κ2) is 14.7. The van der Waals surface area contributed by atoms with Gasteiger partial charge in [0.1, 0.15) is 11.6 Å². The lowest BCUT2D eigenvalue weighted by Crippen LogP contribution is -2.35. The number of nitrogens with zero attached hydrogens (tertiary/aromatic N) is 5. The predicted octanol–water partition coefficient (Wildman–Crippen LogP) is 6.19. The van der Waals surface area contributed by atoms with Crippen molar-refractivity contribution in [1.82, 2.24) is 29.8 Å². The number of hydrogen-bond acceptors (Lipinski definition) is 8. The fourth-order valence-electron chi connectivity index (χ4n) is 7.17. The molecule has 1 saturated heterocycles. The molecule has 4 heterocycles. The molecule has 11 heteroatoms. The maximum atomic E-state index is 12.6. The summed E-state index contributed by atoms with van der Waals surface area (Å²) in [6.45, 7) is 5.58. The summed E-state index contributed by atoms with van der Waals surface area (Å²) in [7, 11) is 1.48. The van der Waals surface area contributed by atoms with E-state index in [-0.39, 0.29) is 24.9 Å². The zero-order chi connectivity index (χ0) is 36.4. The minimum absolute atomic E-state index is 0.144. The monoisotopic (exact) mass is 696 g/mol. The van der Waals surface area contributed by atoms with Crippen LogP contribution in [0.5, 0.6) is 5.88 Å². The molecule has 7 rings (SSSR count). The standard InChI is InChI=1S/C41H40N6O5/c1-25-30(7-4-8-31(25)32-9-5-10-33(26(32)2)35-17-16-34(40(43-35)52-3)39(49)42-19-22-48)29-18-21-47-37(23-29)44-45-38(47)28-14-12-27(13-15-28)24-46-20-6-11-36(46)41(50)51/h4-5,7-10,12-18,21,23,36,48H,6,11,19-20,22,24H2,1-3H3,(H,42,49)(H,50,51)/t36-/m1/s1. The Morgan fingerprint density at radius 2 is 1.60 bits per heavy atom. The molecule has 0 radical (unpaired) electrons. The van der Waals surface area contributed by atoms with Crippen LogP contribution in [0.15, 0.2) is 91.1 Å². The third-order valence-electron chi connectivity index (χ3n) is 9.90. The molecule has 264 valence electrons. The van der Waals surface area contributed by atoms with Gasteiger partial charge in [-0.1, -0.05) is 60.7 Å². The van der Waals surface area contributed by atoms with Crippen LogP contribution < -0.4 is 10.1 Å². The van der Waals surface area contributed by atoms with Gasteiger partial charge < -0.3 is 20.3 Å². The Morgan fingerprint density at radius 1 is 0.885 bits per heavy atom. The smallest absolute Gasteiger partial charge is 0.320 e. The number of carboxylic acids is 1. The highest BCUT2D eigenvalue weighted by atomic mass is 16.5. The second-order valence-corrected chi connectivity index (χ2v) is 13.0. The largest absolute Gasteiger partial charge is 0.480 e. The number of aliphatic hydroxyl groups is 1. The third-order valence-corrected chi connectivity index (χ3v) is 9.90. The minimum atomic E-state index is -0.754. The van der Waals surface area contributed by atoms with Crippen molar-refractivity contribution >= 4 is 17.5 Å². The fraction of sp³-hybridized carbons (Fsp3) is 0.244. The van der Waals surface area contributed by atoms with Crippen LogP contribution in [-0.2, 0) is 11.3 Å². The van der Waals surface area contributed by atoms with Crippen LogP contribution in [0, 0.1) is 13.8 Å². The summed E-state index contributed by atoms with van der Waals surface area (Å²) in [6.07, 6.45) is 3.59. The normalized spacial score (nSPS) is 14.5. The lowest BCUT2D eigenvalue weighted by Gasteiger charge is -2.21. The van der Waals surface area contributed by atoms with Gasteiger partial charge >= 0.3 is 5.97 Å².